The maximum absolute atomic E-state index is 14.1. The number of nitrogens with zero attached hydrogens (tertiary/aromatic N) is 2. The molecule has 0 radical (unpaired) electrons. The lowest BCUT2D eigenvalue weighted by Crippen LogP contribution is -2.59. The molecule has 12 nitrogen and oxygen atoms in total. The van der Waals surface area contributed by atoms with Crippen LogP contribution in [0.25, 0.3) is 0 Å². The number of likely N-dealkylation sites (N-methyl/N-ethyl adjacent to an activating group) is 1. The van der Waals surface area contributed by atoms with Gasteiger partial charge in [0.2, 0.25) is 11.8 Å². The number of fused-ring (bicyclic) bond motifs is 3. The van der Waals surface area contributed by atoms with Crippen molar-refractivity contribution in [1.82, 2.24) is 15.8 Å². The molecule has 0 saturated carbocycles. The molecule has 1 aromatic rings. The van der Waals surface area contributed by atoms with Crippen LogP contribution in [0.2, 0.25) is 0 Å². The van der Waals surface area contributed by atoms with Crippen molar-refractivity contribution in [2.45, 2.75) is 58.2 Å². The number of carbonyl (C=O) groups excluding carboxylic acids is 3. The van der Waals surface area contributed by atoms with Crippen LogP contribution < -0.4 is 21.5 Å². The fourth-order valence-electron chi connectivity index (χ4n) is 6.38. The monoisotopic (exact) mass is 571 g/mol. The summed E-state index contributed by atoms with van der Waals surface area (Å²) in [6.07, 6.45) is 0.0728. The van der Waals surface area contributed by atoms with E-state index in [0.29, 0.717) is 16.8 Å². The zero-order valence-corrected chi connectivity index (χ0v) is 24.6. The van der Waals surface area contributed by atoms with Crippen LogP contribution in [0.15, 0.2) is 28.7 Å². The number of phenols is 1. The molecule has 4 atom stereocenters. The largest absolute Gasteiger partial charge is 0.510 e. The Morgan fingerprint density at radius 1 is 1.15 bits per heavy atom. The van der Waals surface area contributed by atoms with E-state index in [1.807, 2.05) is 19.0 Å². The van der Waals surface area contributed by atoms with Gasteiger partial charge in [-0.1, -0.05) is 20.8 Å². The number of hydrogen-bond donors (Lipinski definition) is 7. The number of nitrogens with two attached hydrogens (primary N) is 1. The van der Waals surface area contributed by atoms with Crippen molar-refractivity contribution < 1.29 is 34.8 Å². The number of anilines is 1. The molecule has 8 N–H and O–H groups in total. The number of ketones is 1. The summed E-state index contributed by atoms with van der Waals surface area (Å²) in [5.74, 6) is -4.16. The molecule has 0 spiro atoms. The van der Waals surface area contributed by atoms with E-state index in [1.165, 1.54) is 0 Å². The van der Waals surface area contributed by atoms with E-state index in [0.717, 1.165) is 0 Å². The molecule has 41 heavy (non-hydrogen) atoms. The Labute approximate surface area is 239 Å². The summed E-state index contributed by atoms with van der Waals surface area (Å²) in [6.45, 7) is 5.31. The summed E-state index contributed by atoms with van der Waals surface area (Å²) in [5, 5.41) is 45.6. The lowest BCUT2D eigenvalue weighted by molar-refractivity contribution is -0.129. The number of allylic oxidation sites excluding steroid dienone is 1. The van der Waals surface area contributed by atoms with E-state index < -0.39 is 52.8 Å². The van der Waals surface area contributed by atoms with Gasteiger partial charge in [0, 0.05) is 55.2 Å². The number of carbonyl (C=O) groups is 3. The molecule has 12 heteroatoms. The number of benzene rings is 1. The van der Waals surface area contributed by atoms with E-state index in [-0.39, 0.29) is 53.5 Å². The number of amides is 2. The third-order valence-electron chi connectivity index (χ3n) is 8.52. The van der Waals surface area contributed by atoms with Crippen LogP contribution in [-0.4, -0.2) is 82.8 Å². The summed E-state index contributed by atoms with van der Waals surface area (Å²) < 4.78 is 0. The summed E-state index contributed by atoms with van der Waals surface area (Å²) in [6, 6.07) is 0.928. The second-order valence-corrected chi connectivity index (χ2v) is 12.8. The molecule has 1 aromatic carbocycles. The molecule has 0 bridgehead atoms. The Kier molecular flexibility index (Phi) is 7.65. The average Bonchev–Trinajstić information content (AvgIpc) is 2.85. The molecule has 3 aliphatic rings. The van der Waals surface area contributed by atoms with Crippen molar-refractivity contribution in [2.24, 2.45) is 23.0 Å². The van der Waals surface area contributed by atoms with Gasteiger partial charge in [0.1, 0.15) is 22.9 Å². The van der Waals surface area contributed by atoms with Crippen molar-refractivity contribution in [3.8, 4) is 5.75 Å². The van der Waals surface area contributed by atoms with Crippen molar-refractivity contribution >= 4 is 23.3 Å². The molecule has 0 heterocycles. The number of rotatable bonds is 6. The molecule has 2 amide bonds. The molecule has 0 aromatic heterocycles. The molecular formula is C29H41N5O7. The number of phenolic OH excluding ortho intramolecular Hbond substituents is 1. The van der Waals surface area contributed by atoms with Crippen molar-refractivity contribution in [2.75, 3.05) is 33.1 Å². The topological polar surface area (TPSA) is 189 Å². The standard InChI is InChI=1S/C29H41N5O7/c1-28(2,3)27(40)32-31-12-14-10-18(33(4)5)15-8-13-9-17-21(34(6)7)23(36)16(26(30)39)11-29(17,41)25(38)19(13)24(37)20(15)22(14)35/h10,13,17,21,31,35-36,38,41H,8-9,11-12H2,1-7H3,(H2,30,39)(H,32,40)/t13-,17-,21-,29-/m0/s1. The van der Waals surface area contributed by atoms with Gasteiger partial charge in [-0.2, -0.15) is 0 Å². The highest BCUT2D eigenvalue weighted by molar-refractivity contribution is 6.14. The minimum absolute atomic E-state index is 0.0171. The fraction of sp³-hybridized carbons (Fsp3) is 0.552. The molecular weight excluding hydrogens is 530 g/mol. The van der Waals surface area contributed by atoms with Crippen LogP contribution in [-0.2, 0) is 22.6 Å². The maximum atomic E-state index is 14.1. The lowest BCUT2D eigenvalue weighted by Gasteiger charge is -2.51. The van der Waals surface area contributed by atoms with Gasteiger partial charge in [-0.3, -0.25) is 24.7 Å². The van der Waals surface area contributed by atoms with E-state index >= 15 is 0 Å². The second-order valence-electron chi connectivity index (χ2n) is 12.8. The van der Waals surface area contributed by atoms with Gasteiger partial charge in [0.25, 0.3) is 0 Å². The molecule has 4 rings (SSSR count). The van der Waals surface area contributed by atoms with Gasteiger partial charge in [0.05, 0.1) is 17.2 Å². The highest BCUT2D eigenvalue weighted by Gasteiger charge is 2.58. The van der Waals surface area contributed by atoms with Gasteiger partial charge in [-0.05, 0) is 44.5 Å². The van der Waals surface area contributed by atoms with Gasteiger partial charge >= 0.3 is 0 Å². The number of Topliss-reactive ketones (excluding diaryl/α,β-unsaturated/α-hetero) is 1. The SMILES string of the molecule is CN(C)c1cc(CNNC(=O)C(C)(C)C)c(O)c2c1C[C@H]1C[C@H]3[C@H](N(C)C)C(O)=C(C(N)=O)C[C@@]3(O)C(O)=C1C2=O. The summed E-state index contributed by atoms with van der Waals surface area (Å²) in [7, 11) is 7.00. The quantitative estimate of drug-likeness (QED) is 0.244. The maximum Gasteiger partial charge on any atom is 0.248 e. The number of primary amides is 1. The first-order chi connectivity index (χ1) is 18.9. The zero-order chi connectivity index (χ0) is 30.8. The highest BCUT2D eigenvalue weighted by Crippen LogP contribution is 2.54. The minimum Gasteiger partial charge on any atom is -0.510 e. The molecule has 0 saturated heterocycles. The van der Waals surface area contributed by atoms with Crippen LogP contribution in [0.3, 0.4) is 0 Å². The summed E-state index contributed by atoms with van der Waals surface area (Å²) >= 11 is 0. The normalized spacial score (nSPS) is 26.0. The first-order valence-electron chi connectivity index (χ1n) is 13.6. The third-order valence-corrected chi connectivity index (χ3v) is 8.52. The van der Waals surface area contributed by atoms with Gasteiger partial charge < -0.3 is 31.1 Å². The molecule has 0 fully saturated rings. The fourth-order valence-corrected chi connectivity index (χ4v) is 6.38. The molecule has 3 aliphatic carbocycles. The van der Waals surface area contributed by atoms with Crippen molar-refractivity contribution in [3.63, 3.8) is 0 Å². The van der Waals surface area contributed by atoms with Crippen LogP contribution >= 0.6 is 0 Å². The number of aromatic hydroxyl groups is 1. The smallest absolute Gasteiger partial charge is 0.248 e. The Hall–Kier alpha value is -3.61. The first-order valence-corrected chi connectivity index (χ1v) is 13.6. The Morgan fingerprint density at radius 2 is 1.78 bits per heavy atom. The van der Waals surface area contributed by atoms with Gasteiger partial charge in [0.15, 0.2) is 5.78 Å². The predicted octanol–water partition coefficient (Wildman–Crippen LogP) is 1.17. The lowest BCUT2D eigenvalue weighted by atomic mass is 9.59. The summed E-state index contributed by atoms with van der Waals surface area (Å²) in [4.78, 5) is 42.0. The number of nitrogens with one attached hydrogen (secondary N) is 2. The Bertz CT molecular complexity index is 1370. The Morgan fingerprint density at radius 3 is 2.32 bits per heavy atom. The van der Waals surface area contributed by atoms with E-state index in [9.17, 15) is 34.8 Å². The minimum atomic E-state index is -2.03. The summed E-state index contributed by atoms with van der Waals surface area (Å²) in [5.41, 5.74) is 9.70. The number of aliphatic hydroxyl groups excluding tert-OH is 2. The van der Waals surface area contributed by atoms with Crippen molar-refractivity contribution in [1.29, 1.82) is 0 Å². The number of aliphatic hydroxyl groups is 3. The zero-order valence-electron chi connectivity index (χ0n) is 24.6. The molecule has 0 aliphatic heterocycles. The molecule has 224 valence electrons. The van der Waals surface area contributed by atoms with Crippen LogP contribution in [0.1, 0.15) is 55.1 Å². The first kappa shape index (κ1) is 30.4. The average molecular weight is 572 g/mol. The number of hydrazine groups is 1. The van der Waals surface area contributed by atoms with Gasteiger partial charge in [-0.25, -0.2) is 5.43 Å². The third kappa shape index (κ3) is 4.93. The predicted molar refractivity (Wildman–Crippen MR) is 152 cm³/mol. The highest BCUT2D eigenvalue weighted by atomic mass is 16.3. The van der Waals surface area contributed by atoms with Crippen LogP contribution in [0.4, 0.5) is 5.69 Å². The van der Waals surface area contributed by atoms with E-state index in [4.69, 9.17) is 5.73 Å². The second kappa shape index (κ2) is 10.3. The van der Waals surface area contributed by atoms with Crippen LogP contribution in [0.5, 0.6) is 5.75 Å². The van der Waals surface area contributed by atoms with Crippen molar-refractivity contribution in [3.05, 3.63) is 45.4 Å². The van der Waals surface area contributed by atoms with E-state index in [2.05, 4.69) is 10.9 Å². The van der Waals surface area contributed by atoms with Gasteiger partial charge in [-0.15, -0.1) is 0 Å². The molecule has 0 unspecified atom stereocenters. The van der Waals surface area contributed by atoms with E-state index in [1.54, 1.807) is 45.8 Å². The number of hydrogen-bond acceptors (Lipinski definition) is 10. The van der Waals surface area contributed by atoms with Crippen LogP contribution in [0, 0.1) is 17.3 Å². The Balaban J connectivity index is 1.81.